The lowest BCUT2D eigenvalue weighted by Crippen LogP contribution is -2.52. The van der Waals surface area contributed by atoms with Crippen LogP contribution in [0.1, 0.15) is 38.4 Å². The molecular formula is C24H21Cl3F3NO3. The van der Waals surface area contributed by atoms with Crippen LogP contribution in [0.15, 0.2) is 48.5 Å². The smallest absolute Gasteiger partial charge is 0.354 e. The third-order valence-corrected chi connectivity index (χ3v) is 7.55. The average Bonchev–Trinajstić information content (AvgIpc) is 2.76. The lowest BCUT2D eigenvalue weighted by molar-refractivity contribution is -0.170. The fraction of sp³-hybridized carbons (Fsp3) is 0.417. The van der Waals surface area contributed by atoms with Crippen molar-refractivity contribution in [2.75, 3.05) is 0 Å². The van der Waals surface area contributed by atoms with Crippen molar-refractivity contribution in [3.63, 3.8) is 0 Å². The van der Waals surface area contributed by atoms with E-state index in [-0.39, 0.29) is 24.2 Å². The van der Waals surface area contributed by atoms with Crippen LogP contribution in [-0.2, 0) is 9.53 Å². The zero-order valence-electron chi connectivity index (χ0n) is 18.2. The van der Waals surface area contributed by atoms with Crippen molar-refractivity contribution in [1.82, 2.24) is 0 Å². The first-order valence-corrected chi connectivity index (χ1v) is 11.5. The SMILES string of the molecule is CC1(C)C(CC(Cl)(Cl)C(F)(F)Cl)CC1C(=O)OC(C#N)c1ccc(F)c(Oc2ccccc2)c1. The lowest BCUT2D eigenvalue weighted by atomic mass is 9.53. The third kappa shape index (κ3) is 5.56. The zero-order valence-corrected chi connectivity index (χ0v) is 20.5. The van der Waals surface area contributed by atoms with Crippen LogP contribution in [0.3, 0.4) is 0 Å². The summed E-state index contributed by atoms with van der Waals surface area (Å²) in [6.07, 6.45) is -1.47. The van der Waals surface area contributed by atoms with E-state index in [1.54, 1.807) is 44.2 Å². The maximum atomic E-state index is 14.2. The van der Waals surface area contributed by atoms with Crippen molar-refractivity contribution in [3.05, 3.63) is 59.9 Å². The molecule has 2 aromatic rings. The summed E-state index contributed by atoms with van der Waals surface area (Å²) in [6, 6.07) is 14.1. The molecule has 4 nitrogen and oxygen atoms in total. The van der Waals surface area contributed by atoms with E-state index < -0.39 is 44.9 Å². The standard InChI is InChI=1S/C24H21Cl3F3NO3/c1-22(2)15(12-23(25,26)24(27,29)30)11-17(22)21(32)34-20(13-31)14-8-9-18(28)19(10-14)33-16-6-4-3-5-7-16/h3-10,15,17,20H,11-12H2,1-2H3. The second-order valence-electron chi connectivity index (χ2n) is 8.76. The normalized spacial score (nSPS) is 20.6. The van der Waals surface area contributed by atoms with Crippen molar-refractivity contribution < 1.29 is 27.4 Å². The molecule has 3 rings (SSSR count). The molecule has 3 atom stereocenters. The number of alkyl halides is 5. The maximum Gasteiger partial charge on any atom is 0.354 e. The van der Waals surface area contributed by atoms with Gasteiger partial charge >= 0.3 is 11.4 Å². The van der Waals surface area contributed by atoms with Gasteiger partial charge in [0.05, 0.1) is 5.92 Å². The first kappa shape index (κ1) is 26.5. The monoisotopic (exact) mass is 533 g/mol. The van der Waals surface area contributed by atoms with E-state index in [1.165, 1.54) is 12.1 Å². The zero-order chi connectivity index (χ0) is 25.3. The van der Waals surface area contributed by atoms with Gasteiger partial charge in [0.1, 0.15) is 11.8 Å². The Morgan fingerprint density at radius 2 is 1.85 bits per heavy atom. The lowest BCUT2D eigenvalue weighted by Gasteiger charge is -2.52. The molecule has 0 bridgehead atoms. The minimum atomic E-state index is -3.84. The van der Waals surface area contributed by atoms with E-state index in [0.29, 0.717) is 5.75 Å². The fourth-order valence-electron chi connectivity index (χ4n) is 3.93. The Morgan fingerprint density at radius 1 is 1.21 bits per heavy atom. The third-order valence-electron chi connectivity index (χ3n) is 6.25. The molecule has 1 saturated carbocycles. The number of carbonyl (C=O) groups excluding carboxylic acids is 1. The summed E-state index contributed by atoms with van der Waals surface area (Å²) in [7, 11) is 0. The van der Waals surface area contributed by atoms with Gasteiger partial charge in [-0.2, -0.15) is 14.0 Å². The molecule has 0 spiro atoms. The van der Waals surface area contributed by atoms with E-state index in [1.807, 2.05) is 6.07 Å². The molecule has 0 N–H and O–H groups in total. The molecule has 0 aliphatic heterocycles. The predicted molar refractivity (Wildman–Crippen MR) is 123 cm³/mol. The van der Waals surface area contributed by atoms with E-state index in [9.17, 15) is 23.2 Å². The predicted octanol–water partition coefficient (Wildman–Crippen LogP) is 7.78. The van der Waals surface area contributed by atoms with Crippen molar-refractivity contribution in [3.8, 4) is 17.6 Å². The van der Waals surface area contributed by atoms with Crippen LogP contribution in [0.5, 0.6) is 11.5 Å². The molecule has 0 aromatic heterocycles. The van der Waals surface area contributed by atoms with Gasteiger partial charge in [-0.05, 0) is 60.0 Å². The van der Waals surface area contributed by atoms with Gasteiger partial charge in [-0.15, -0.1) is 0 Å². The molecule has 1 fully saturated rings. The van der Waals surface area contributed by atoms with E-state index in [2.05, 4.69) is 0 Å². The molecule has 2 aromatic carbocycles. The molecule has 10 heteroatoms. The summed E-state index contributed by atoms with van der Waals surface area (Å²) in [4.78, 5) is 12.8. The van der Waals surface area contributed by atoms with Gasteiger partial charge in [0.2, 0.25) is 6.10 Å². The Morgan fingerprint density at radius 3 is 2.41 bits per heavy atom. The Labute approximate surface area is 210 Å². The minimum absolute atomic E-state index is 0.133. The van der Waals surface area contributed by atoms with E-state index in [4.69, 9.17) is 44.3 Å². The van der Waals surface area contributed by atoms with Gasteiger partial charge < -0.3 is 9.47 Å². The second-order valence-corrected chi connectivity index (χ2v) is 10.7. The Hall–Kier alpha value is -2.14. The summed E-state index contributed by atoms with van der Waals surface area (Å²) in [5, 5.41) is 5.74. The van der Waals surface area contributed by atoms with Gasteiger partial charge in [-0.3, -0.25) is 4.79 Å². The first-order chi connectivity index (χ1) is 15.8. The van der Waals surface area contributed by atoms with Crippen molar-refractivity contribution in [2.45, 2.75) is 42.5 Å². The maximum absolute atomic E-state index is 14.2. The molecular weight excluding hydrogens is 514 g/mol. The number of hydrogen-bond acceptors (Lipinski definition) is 4. The molecule has 0 radical (unpaired) electrons. The second kappa shape index (κ2) is 9.85. The van der Waals surface area contributed by atoms with Gasteiger partial charge in [0.15, 0.2) is 15.9 Å². The molecule has 34 heavy (non-hydrogen) atoms. The summed E-state index contributed by atoms with van der Waals surface area (Å²) in [5.41, 5.74) is -0.558. The van der Waals surface area contributed by atoms with Crippen molar-refractivity contribution in [2.24, 2.45) is 17.3 Å². The van der Waals surface area contributed by atoms with Crippen molar-refractivity contribution >= 4 is 40.8 Å². The minimum Gasteiger partial charge on any atom is -0.454 e. The molecule has 182 valence electrons. The fourth-order valence-corrected chi connectivity index (χ4v) is 4.38. The van der Waals surface area contributed by atoms with Crippen LogP contribution in [-0.4, -0.2) is 15.7 Å². The highest BCUT2D eigenvalue weighted by atomic mass is 35.5. The van der Waals surface area contributed by atoms with Crippen LogP contribution in [0.4, 0.5) is 13.2 Å². The largest absolute Gasteiger partial charge is 0.454 e. The number of para-hydroxylation sites is 1. The number of rotatable bonds is 8. The molecule has 1 aliphatic rings. The van der Waals surface area contributed by atoms with E-state index >= 15 is 0 Å². The first-order valence-electron chi connectivity index (χ1n) is 10.3. The molecule has 0 heterocycles. The highest BCUT2D eigenvalue weighted by Crippen LogP contribution is 2.58. The highest BCUT2D eigenvalue weighted by molar-refractivity contribution is 6.52. The number of carbonyl (C=O) groups is 1. The van der Waals surface area contributed by atoms with Crippen LogP contribution in [0, 0.1) is 34.4 Å². The van der Waals surface area contributed by atoms with Gasteiger partial charge in [-0.1, -0.05) is 61.3 Å². The van der Waals surface area contributed by atoms with Gasteiger partial charge in [0, 0.05) is 5.56 Å². The summed E-state index contributed by atoms with van der Waals surface area (Å²) >= 11 is 16.5. The number of halogens is 6. The Bertz CT molecular complexity index is 1080. The van der Waals surface area contributed by atoms with Crippen LogP contribution < -0.4 is 4.74 Å². The van der Waals surface area contributed by atoms with Crippen LogP contribution in [0.2, 0.25) is 0 Å². The summed E-state index contributed by atoms with van der Waals surface area (Å²) < 4.78 is 49.6. The topological polar surface area (TPSA) is 59.3 Å². The molecule has 3 unspecified atom stereocenters. The van der Waals surface area contributed by atoms with Crippen LogP contribution in [0.25, 0.3) is 0 Å². The van der Waals surface area contributed by atoms with Crippen LogP contribution >= 0.6 is 34.8 Å². The Kier molecular flexibility index (Phi) is 7.66. The summed E-state index contributed by atoms with van der Waals surface area (Å²) in [6.45, 7) is 3.41. The Balaban J connectivity index is 1.70. The number of hydrogen-bond donors (Lipinski definition) is 0. The van der Waals surface area contributed by atoms with Crippen molar-refractivity contribution in [1.29, 1.82) is 5.26 Å². The molecule has 0 amide bonds. The number of nitrogens with zero attached hydrogens (tertiary/aromatic N) is 1. The number of ether oxygens (including phenoxy) is 2. The summed E-state index contributed by atoms with van der Waals surface area (Å²) in [5.74, 6) is -2.19. The quantitative estimate of drug-likeness (QED) is 0.256. The highest BCUT2D eigenvalue weighted by Gasteiger charge is 2.59. The number of benzene rings is 2. The molecule has 1 aliphatic carbocycles. The number of nitriles is 1. The average molecular weight is 535 g/mol. The number of esters is 1. The van der Waals surface area contributed by atoms with E-state index in [0.717, 1.165) is 6.07 Å². The molecule has 0 saturated heterocycles. The van der Waals surface area contributed by atoms with Gasteiger partial charge in [0.25, 0.3) is 0 Å². The van der Waals surface area contributed by atoms with Gasteiger partial charge in [-0.25, -0.2) is 4.39 Å².